The maximum atomic E-state index is 11.6. The van der Waals surface area contributed by atoms with E-state index in [2.05, 4.69) is 25.7 Å². The summed E-state index contributed by atoms with van der Waals surface area (Å²) in [5, 5.41) is 9.31. The van der Waals surface area contributed by atoms with Crippen LogP contribution < -0.4 is 0 Å². The zero-order valence-electron chi connectivity index (χ0n) is 27.2. The maximum Gasteiger partial charge on any atom is 0.307 e. The molecule has 0 amide bonds. The van der Waals surface area contributed by atoms with Gasteiger partial charge in [-0.3, -0.25) is 9.59 Å². The summed E-state index contributed by atoms with van der Waals surface area (Å²) >= 11 is 0. The van der Waals surface area contributed by atoms with Gasteiger partial charge in [0.1, 0.15) is 6.61 Å². The van der Waals surface area contributed by atoms with Gasteiger partial charge in [-0.15, -0.1) is 0 Å². The number of hydrogen-bond donors (Lipinski definition) is 1. The fourth-order valence-corrected chi connectivity index (χ4v) is 5.48. The molecule has 0 aromatic rings. The van der Waals surface area contributed by atoms with Gasteiger partial charge in [-0.2, -0.15) is 0 Å². The van der Waals surface area contributed by atoms with Crippen LogP contribution in [0, 0.1) is 5.92 Å². The Kier molecular flexibility index (Phi) is 31.7. The predicted octanol–water partition coefficient (Wildman–Crippen LogP) is 11.9. The number of carboxylic acid groups (broad SMARTS) is 1. The summed E-state index contributed by atoms with van der Waals surface area (Å²) in [6.45, 7) is 5.92. The van der Waals surface area contributed by atoms with Crippen molar-refractivity contribution in [3.8, 4) is 0 Å². The Morgan fingerprint density at radius 3 is 1.34 bits per heavy atom. The highest BCUT2D eigenvalue weighted by Crippen LogP contribution is 2.17. The van der Waals surface area contributed by atoms with Crippen molar-refractivity contribution in [2.24, 2.45) is 5.92 Å². The summed E-state index contributed by atoms with van der Waals surface area (Å²) in [6.07, 6.45) is 41.5. The van der Waals surface area contributed by atoms with Crippen LogP contribution in [-0.4, -0.2) is 23.7 Å². The number of esters is 1. The summed E-state index contributed by atoms with van der Waals surface area (Å²) < 4.78 is 4.91. The van der Waals surface area contributed by atoms with Crippen molar-refractivity contribution < 1.29 is 19.4 Å². The highest BCUT2D eigenvalue weighted by molar-refractivity contribution is 5.78. The molecule has 0 saturated carbocycles. The van der Waals surface area contributed by atoms with Gasteiger partial charge >= 0.3 is 11.9 Å². The van der Waals surface area contributed by atoms with Crippen LogP contribution in [-0.2, 0) is 14.3 Å². The smallest absolute Gasteiger partial charge is 0.307 e. The highest BCUT2D eigenvalue weighted by atomic mass is 16.5. The monoisotopic (exact) mass is 577 g/mol. The zero-order chi connectivity index (χ0) is 30.1. The molecule has 0 bridgehead atoms. The van der Waals surface area contributed by atoms with Crippen LogP contribution in [0.25, 0.3) is 0 Å². The van der Waals surface area contributed by atoms with E-state index in [0.717, 1.165) is 25.7 Å². The largest absolute Gasteiger partial charge is 0.481 e. The van der Waals surface area contributed by atoms with E-state index < -0.39 is 17.9 Å². The second-order valence-electron chi connectivity index (χ2n) is 12.2. The third kappa shape index (κ3) is 31.2. The molecule has 0 saturated heterocycles. The van der Waals surface area contributed by atoms with Gasteiger partial charge in [0.15, 0.2) is 0 Å². The molecule has 0 aliphatic rings. The fourth-order valence-electron chi connectivity index (χ4n) is 5.48. The molecule has 0 fully saturated rings. The molecule has 240 valence electrons. The first kappa shape index (κ1) is 39.4. The first-order valence-corrected chi connectivity index (χ1v) is 17.8. The minimum Gasteiger partial charge on any atom is -0.481 e. The quantitative estimate of drug-likeness (QED) is 0.0479. The van der Waals surface area contributed by atoms with Gasteiger partial charge < -0.3 is 9.84 Å². The lowest BCUT2D eigenvalue weighted by atomic mass is 9.97. The molecular formula is C37H68O4. The van der Waals surface area contributed by atoms with Crippen molar-refractivity contribution in [3.63, 3.8) is 0 Å². The minimum absolute atomic E-state index is 0.0481. The summed E-state index contributed by atoms with van der Waals surface area (Å²) in [5.41, 5.74) is 0. The Morgan fingerprint density at radius 1 is 0.610 bits per heavy atom. The number of aliphatic carboxylic acids is 1. The van der Waals surface area contributed by atoms with Gasteiger partial charge in [0.2, 0.25) is 0 Å². The molecule has 1 atom stereocenters. The van der Waals surface area contributed by atoms with Crippen molar-refractivity contribution in [1.29, 1.82) is 0 Å². The fraction of sp³-hybridized carbons (Fsp3) is 0.838. The standard InChI is InChI=1S/C37H68O4/c1-3-5-6-7-8-9-10-11-12-13-14-15-16-17-18-19-20-21-22-23-24-25-26-27-28-29-30-31-32-35(37(39)40)34-36(38)41-33-4-2/h4,24-25,35H,2-3,5-23,26-34H2,1H3,(H,39,40)/b25-24+. The predicted molar refractivity (Wildman–Crippen MR) is 176 cm³/mol. The normalized spacial score (nSPS) is 12.1. The average Bonchev–Trinajstić information content (AvgIpc) is 2.96. The van der Waals surface area contributed by atoms with E-state index >= 15 is 0 Å². The molecule has 4 heteroatoms. The average molecular weight is 577 g/mol. The number of ether oxygens (including phenoxy) is 1. The van der Waals surface area contributed by atoms with Crippen LogP contribution in [0.3, 0.4) is 0 Å². The molecule has 4 nitrogen and oxygen atoms in total. The van der Waals surface area contributed by atoms with Crippen LogP contribution in [0.5, 0.6) is 0 Å². The Balaban J connectivity index is 3.32. The Bertz CT molecular complexity index is 612. The summed E-state index contributed by atoms with van der Waals surface area (Å²) in [5.74, 6) is -2.00. The molecule has 0 radical (unpaired) electrons. The van der Waals surface area contributed by atoms with E-state index in [1.807, 2.05) is 0 Å². The van der Waals surface area contributed by atoms with Gasteiger partial charge in [-0.1, -0.05) is 173 Å². The number of unbranched alkanes of at least 4 members (excludes halogenated alkanes) is 24. The number of carboxylic acids is 1. The van der Waals surface area contributed by atoms with E-state index in [-0.39, 0.29) is 13.0 Å². The molecule has 0 spiro atoms. The number of carbonyl (C=O) groups is 2. The molecule has 0 aromatic carbocycles. The van der Waals surface area contributed by atoms with Crippen LogP contribution >= 0.6 is 0 Å². The second kappa shape index (κ2) is 32.9. The Morgan fingerprint density at radius 2 is 0.976 bits per heavy atom. The number of hydrogen-bond acceptors (Lipinski definition) is 3. The Labute approximate surface area is 255 Å². The van der Waals surface area contributed by atoms with E-state index in [9.17, 15) is 14.7 Å². The molecule has 0 rings (SSSR count). The van der Waals surface area contributed by atoms with E-state index in [1.54, 1.807) is 0 Å². The molecule has 0 aromatic heterocycles. The van der Waals surface area contributed by atoms with Crippen molar-refractivity contribution >= 4 is 11.9 Å². The first-order chi connectivity index (χ1) is 20.1. The Hall–Kier alpha value is -1.58. The third-order valence-electron chi connectivity index (χ3n) is 8.19. The molecule has 0 aliphatic heterocycles. The van der Waals surface area contributed by atoms with Gasteiger partial charge in [-0.25, -0.2) is 0 Å². The van der Waals surface area contributed by atoms with Crippen molar-refractivity contribution in [2.45, 2.75) is 187 Å². The SMILES string of the molecule is C=CCOC(=O)CC(CCCCCCC/C=C/CCCCCCCCCCCCCCCCCCCCC)C(=O)O. The summed E-state index contributed by atoms with van der Waals surface area (Å²) in [4.78, 5) is 23.0. The lowest BCUT2D eigenvalue weighted by Gasteiger charge is -2.11. The van der Waals surface area contributed by atoms with Gasteiger partial charge in [-0.05, 0) is 32.1 Å². The van der Waals surface area contributed by atoms with Gasteiger partial charge in [0.05, 0.1) is 12.3 Å². The molecule has 0 heterocycles. The van der Waals surface area contributed by atoms with E-state index in [4.69, 9.17) is 4.74 Å². The number of allylic oxidation sites excluding steroid dienone is 2. The molecular weight excluding hydrogens is 508 g/mol. The van der Waals surface area contributed by atoms with E-state index in [0.29, 0.717) is 6.42 Å². The highest BCUT2D eigenvalue weighted by Gasteiger charge is 2.21. The first-order valence-electron chi connectivity index (χ1n) is 17.8. The molecule has 1 N–H and O–H groups in total. The van der Waals surface area contributed by atoms with Crippen LogP contribution in [0.4, 0.5) is 0 Å². The lowest BCUT2D eigenvalue weighted by Crippen LogP contribution is -2.19. The molecule has 41 heavy (non-hydrogen) atoms. The van der Waals surface area contributed by atoms with Crippen molar-refractivity contribution in [3.05, 3.63) is 24.8 Å². The zero-order valence-corrected chi connectivity index (χ0v) is 27.2. The summed E-state index contributed by atoms with van der Waals surface area (Å²) in [7, 11) is 0. The third-order valence-corrected chi connectivity index (χ3v) is 8.19. The van der Waals surface area contributed by atoms with Gasteiger partial charge in [0, 0.05) is 0 Å². The molecule has 1 unspecified atom stereocenters. The lowest BCUT2D eigenvalue weighted by molar-refractivity contribution is -0.151. The van der Waals surface area contributed by atoms with Crippen LogP contribution in [0.15, 0.2) is 24.8 Å². The summed E-state index contributed by atoms with van der Waals surface area (Å²) in [6, 6.07) is 0. The topological polar surface area (TPSA) is 63.6 Å². The van der Waals surface area contributed by atoms with Crippen molar-refractivity contribution in [1.82, 2.24) is 0 Å². The van der Waals surface area contributed by atoms with Crippen LogP contribution in [0.2, 0.25) is 0 Å². The number of rotatable bonds is 33. The second-order valence-corrected chi connectivity index (χ2v) is 12.2. The van der Waals surface area contributed by atoms with E-state index in [1.165, 1.54) is 147 Å². The van der Waals surface area contributed by atoms with Crippen LogP contribution in [0.1, 0.15) is 187 Å². The maximum absolute atomic E-state index is 11.6. The molecule has 0 aliphatic carbocycles. The number of carbonyl (C=O) groups excluding carboxylic acids is 1. The van der Waals surface area contributed by atoms with Gasteiger partial charge in [0.25, 0.3) is 0 Å². The van der Waals surface area contributed by atoms with Crippen molar-refractivity contribution in [2.75, 3.05) is 6.61 Å². The minimum atomic E-state index is -0.907.